The molecule has 5 nitrogen and oxygen atoms in total. The van der Waals surface area contributed by atoms with Crippen molar-refractivity contribution in [1.82, 2.24) is 4.98 Å². The van der Waals surface area contributed by atoms with Crippen molar-refractivity contribution in [1.29, 1.82) is 0 Å². The molecule has 0 saturated carbocycles. The van der Waals surface area contributed by atoms with Crippen LogP contribution in [0.2, 0.25) is 0 Å². The van der Waals surface area contributed by atoms with E-state index in [1.807, 2.05) is 5.38 Å². The average Bonchev–Trinajstić information content (AvgIpc) is 2.71. The molecule has 6 heteroatoms. The van der Waals surface area contributed by atoms with E-state index in [4.69, 9.17) is 5.73 Å². The molecule has 2 rings (SSSR count). The average molecular weight is 221 g/mol. The fourth-order valence-electron chi connectivity index (χ4n) is 1.20. The highest BCUT2D eigenvalue weighted by Gasteiger charge is 2.13. The molecule has 0 spiro atoms. The Balaban J connectivity index is 2.52. The Kier molecular flexibility index (Phi) is 2.34. The smallest absolute Gasteiger partial charge is 0.292 e. The third-order valence-corrected chi connectivity index (χ3v) is 2.73. The summed E-state index contributed by atoms with van der Waals surface area (Å²) in [6.07, 6.45) is 1.65. The van der Waals surface area contributed by atoms with E-state index in [1.165, 1.54) is 23.5 Å². The first kappa shape index (κ1) is 9.60. The van der Waals surface area contributed by atoms with Crippen LogP contribution in [0.4, 0.5) is 11.4 Å². The van der Waals surface area contributed by atoms with Crippen molar-refractivity contribution in [3.05, 3.63) is 39.9 Å². The van der Waals surface area contributed by atoms with Gasteiger partial charge in [-0.05, 0) is 12.1 Å². The molecular formula is C9H7N3O2S. The molecule has 0 fully saturated rings. The van der Waals surface area contributed by atoms with Crippen molar-refractivity contribution in [2.24, 2.45) is 0 Å². The zero-order valence-electron chi connectivity index (χ0n) is 7.58. The van der Waals surface area contributed by atoms with E-state index in [9.17, 15) is 10.1 Å². The van der Waals surface area contributed by atoms with Crippen LogP contribution in [0, 0.1) is 10.1 Å². The summed E-state index contributed by atoms with van der Waals surface area (Å²) in [4.78, 5) is 14.2. The molecule has 2 aromatic rings. The lowest BCUT2D eigenvalue weighted by Gasteiger charge is -1.99. The second kappa shape index (κ2) is 3.66. The van der Waals surface area contributed by atoms with E-state index >= 15 is 0 Å². The van der Waals surface area contributed by atoms with Crippen LogP contribution in [-0.4, -0.2) is 9.91 Å². The molecular weight excluding hydrogens is 214 g/mol. The van der Waals surface area contributed by atoms with Gasteiger partial charge in [-0.1, -0.05) is 0 Å². The van der Waals surface area contributed by atoms with Gasteiger partial charge in [0.1, 0.15) is 10.7 Å². The zero-order valence-corrected chi connectivity index (χ0v) is 8.40. The minimum Gasteiger partial charge on any atom is -0.393 e. The molecule has 0 bridgehead atoms. The topological polar surface area (TPSA) is 82.0 Å². The molecule has 76 valence electrons. The molecule has 0 atom stereocenters. The van der Waals surface area contributed by atoms with Gasteiger partial charge in [-0.15, -0.1) is 11.3 Å². The third-order valence-electron chi connectivity index (χ3n) is 1.91. The summed E-state index contributed by atoms with van der Waals surface area (Å²) in [5.41, 5.74) is 6.29. The standard InChI is InChI=1S/C9H7N3O2S/c10-7-2-1-6(5-8(7)12(13)14)9-11-3-4-15-9/h1-5H,10H2. The number of nitrogen functional groups attached to an aromatic ring is 1. The number of thiazole rings is 1. The van der Waals surface area contributed by atoms with Crippen molar-refractivity contribution in [2.45, 2.75) is 0 Å². The quantitative estimate of drug-likeness (QED) is 0.479. The number of anilines is 1. The fraction of sp³-hybridized carbons (Fsp3) is 0. The Bertz CT molecular complexity index is 496. The van der Waals surface area contributed by atoms with Crippen LogP contribution in [0.5, 0.6) is 0 Å². The first-order chi connectivity index (χ1) is 7.18. The number of nitrogens with two attached hydrogens (primary N) is 1. The van der Waals surface area contributed by atoms with Crippen LogP contribution in [0.1, 0.15) is 0 Å². The Labute approximate surface area is 89.3 Å². The molecule has 15 heavy (non-hydrogen) atoms. The summed E-state index contributed by atoms with van der Waals surface area (Å²) in [6.45, 7) is 0. The van der Waals surface area contributed by atoms with Gasteiger partial charge in [0.05, 0.1) is 4.92 Å². The number of nitro benzene ring substituents is 1. The first-order valence-corrected chi connectivity index (χ1v) is 5.00. The number of nitro groups is 1. The van der Waals surface area contributed by atoms with Crippen LogP contribution >= 0.6 is 11.3 Å². The van der Waals surface area contributed by atoms with Crippen molar-refractivity contribution < 1.29 is 4.92 Å². The maximum atomic E-state index is 10.7. The molecule has 0 aliphatic heterocycles. The lowest BCUT2D eigenvalue weighted by Crippen LogP contribution is -1.95. The summed E-state index contributed by atoms with van der Waals surface area (Å²) in [5.74, 6) is 0. The van der Waals surface area contributed by atoms with Crippen LogP contribution in [0.3, 0.4) is 0 Å². The lowest BCUT2D eigenvalue weighted by atomic mass is 10.2. The van der Waals surface area contributed by atoms with E-state index in [0.29, 0.717) is 5.56 Å². The largest absolute Gasteiger partial charge is 0.393 e. The van der Waals surface area contributed by atoms with E-state index in [-0.39, 0.29) is 11.4 Å². The molecule has 0 aliphatic carbocycles. The van der Waals surface area contributed by atoms with Gasteiger partial charge in [-0.25, -0.2) is 4.98 Å². The van der Waals surface area contributed by atoms with Gasteiger partial charge in [0.2, 0.25) is 0 Å². The predicted molar refractivity (Wildman–Crippen MR) is 58.6 cm³/mol. The van der Waals surface area contributed by atoms with Gasteiger partial charge < -0.3 is 5.73 Å². The molecule has 0 aliphatic rings. The summed E-state index contributed by atoms with van der Waals surface area (Å²) in [6, 6.07) is 4.68. The Morgan fingerprint density at radius 2 is 2.27 bits per heavy atom. The normalized spacial score (nSPS) is 10.1. The molecule has 0 amide bonds. The van der Waals surface area contributed by atoms with Crippen molar-refractivity contribution in [2.75, 3.05) is 5.73 Å². The summed E-state index contributed by atoms with van der Waals surface area (Å²) in [7, 11) is 0. The molecule has 1 heterocycles. The van der Waals surface area contributed by atoms with E-state index in [0.717, 1.165) is 5.01 Å². The molecule has 1 aromatic heterocycles. The van der Waals surface area contributed by atoms with Gasteiger partial charge in [-0.3, -0.25) is 10.1 Å². The molecule has 0 radical (unpaired) electrons. The highest BCUT2D eigenvalue weighted by Crippen LogP contribution is 2.29. The van der Waals surface area contributed by atoms with Crippen LogP contribution in [0.15, 0.2) is 29.8 Å². The number of nitrogens with zero attached hydrogens (tertiary/aromatic N) is 2. The van der Waals surface area contributed by atoms with Gasteiger partial charge in [-0.2, -0.15) is 0 Å². The van der Waals surface area contributed by atoms with Gasteiger partial charge in [0.25, 0.3) is 5.69 Å². The van der Waals surface area contributed by atoms with Gasteiger partial charge in [0.15, 0.2) is 0 Å². The van der Waals surface area contributed by atoms with Gasteiger partial charge in [0, 0.05) is 23.2 Å². The molecule has 0 unspecified atom stereocenters. The summed E-state index contributed by atoms with van der Waals surface area (Å²) < 4.78 is 0. The lowest BCUT2D eigenvalue weighted by molar-refractivity contribution is -0.383. The maximum Gasteiger partial charge on any atom is 0.292 e. The number of rotatable bonds is 2. The Morgan fingerprint density at radius 1 is 1.47 bits per heavy atom. The van der Waals surface area contributed by atoms with Gasteiger partial charge >= 0.3 is 0 Å². The molecule has 2 N–H and O–H groups in total. The Hall–Kier alpha value is -1.95. The SMILES string of the molecule is Nc1ccc(-c2nccs2)cc1[N+](=O)[O-]. The number of aromatic nitrogens is 1. The van der Waals surface area contributed by atoms with Crippen LogP contribution < -0.4 is 5.73 Å². The molecule has 1 aromatic carbocycles. The van der Waals surface area contributed by atoms with E-state index in [1.54, 1.807) is 12.3 Å². The minimum absolute atomic E-state index is 0.0808. The van der Waals surface area contributed by atoms with Crippen molar-refractivity contribution in [3.8, 4) is 10.6 Å². The highest BCUT2D eigenvalue weighted by molar-refractivity contribution is 7.13. The summed E-state index contributed by atoms with van der Waals surface area (Å²) >= 11 is 1.43. The predicted octanol–water partition coefficient (Wildman–Crippen LogP) is 2.30. The maximum absolute atomic E-state index is 10.7. The number of hydrogen-bond acceptors (Lipinski definition) is 5. The van der Waals surface area contributed by atoms with Crippen LogP contribution in [0.25, 0.3) is 10.6 Å². The summed E-state index contributed by atoms with van der Waals surface area (Å²) in [5, 5.41) is 13.2. The van der Waals surface area contributed by atoms with Crippen molar-refractivity contribution in [3.63, 3.8) is 0 Å². The number of benzene rings is 1. The zero-order chi connectivity index (χ0) is 10.8. The third kappa shape index (κ3) is 1.79. The van der Waals surface area contributed by atoms with E-state index in [2.05, 4.69) is 4.98 Å². The van der Waals surface area contributed by atoms with E-state index < -0.39 is 4.92 Å². The van der Waals surface area contributed by atoms with Crippen molar-refractivity contribution >= 4 is 22.7 Å². The minimum atomic E-state index is -0.494. The second-order valence-corrected chi connectivity index (χ2v) is 3.76. The monoisotopic (exact) mass is 221 g/mol. The van der Waals surface area contributed by atoms with Crippen LogP contribution in [-0.2, 0) is 0 Å². The highest BCUT2D eigenvalue weighted by atomic mass is 32.1. The fourth-order valence-corrected chi connectivity index (χ4v) is 1.84. The number of hydrogen-bond donors (Lipinski definition) is 1. The molecule has 0 saturated heterocycles. The first-order valence-electron chi connectivity index (χ1n) is 4.12. The Morgan fingerprint density at radius 3 is 2.87 bits per heavy atom. The second-order valence-electron chi connectivity index (χ2n) is 2.87.